The number of nitrogens with two attached hydrogens (primary N) is 1. The maximum absolute atomic E-state index is 13.2. The Bertz CT molecular complexity index is 610. The van der Waals surface area contributed by atoms with Crippen LogP contribution in [0.15, 0.2) is 48.5 Å². The number of hydrogen-bond acceptors (Lipinski definition) is 2. The average Bonchev–Trinajstić information content (AvgIpc) is 2.48. The Morgan fingerprint density at radius 1 is 1.19 bits per heavy atom. The highest BCUT2D eigenvalue weighted by atomic mass is 19.1. The maximum Gasteiger partial charge on any atom is 0.224 e. The highest BCUT2D eigenvalue weighted by Gasteiger charge is 2.10. The standard InChI is InChI=1S/C17H19FN2O/c1-12(15-3-2-4-16(18)10-15)20-17(21)9-13-5-7-14(11-19)8-6-13/h2-8,10,12H,9,11,19H2,1H3,(H,20,21). The number of carbonyl (C=O) groups excluding carboxylic acids is 1. The molecular weight excluding hydrogens is 267 g/mol. The highest BCUT2D eigenvalue weighted by molar-refractivity contribution is 5.79. The van der Waals surface area contributed by atoms with Crippen LogP contribution in [0, 0.1) is 5.82 Å². The predicted octanol–water partition coefficient (Wildman–Crippen LogP) is 2.70. The zero-order valence-electron chi connectivity index (χ0n) is 12.0. The topological polar surface area (TPSA) is 55.1 Å². The van der Waals surface area contributed by atoms with Crippen molar-refractivity contribution in [2.45, 2.75) is 25.9 Å². The molecule has 0 saturated carbocycles. The molecule has 0 aliphatic carbocycles. The molecule has 0 fully saturated rings. The number of nitrogens with one attached hydrogen (secondary N) is 1. The Morgan fingerprint density at radius 3 is 2.48 bits per heavy atom. The van der Waals surface area contributed by atoms with E-state index >= 15 is 0 Å². The van der Waals surface area contributed by atoms with Crippen LogP contribution in [-0.2, 0) is 17.8 Å². The number of carbonyl (C=O) groups is 1. The molecule has 0 aliphatic heterocycles. The molecule has 2 aromatic carbocycles. The summed E-state index contributed by atoms with van der Waals surface area (Å²) in [6.45, 7) is 2.33. The van der Waals surface area contributed by atoms with Crippen molar-refractivity contribution in [2.75, 3.05) is 0 Å². The third-order valence-electron chi connectivity index (χ3n) is 3.35. The molecule has 0 bridgehead atoms. The van der Waals surface area contributed by atoms with E-state index in [1.807, 2.05) is 31.2 Å². The normalized spacial score (nSPS) is 12.0. The SMILES string of the molecule is CC(NC(=O)Cc1ccc(CN)cc1)c1cccc(F)c1. The van der Waals surface area contributed by atoms with Crippen LogP contribution >= 0.6 is 0 Å². The summed E-state index contributed by atoms with van der Waals surface area (Å²) in [6.07, 6.45) is 0.296. The molecule has 3 N–H and O–H groups in total. The van der Waals surface area contributed by atoms with Gasteiger partial charge in [-0.05, 0) is 35.7 Å². The molecule has 2 rings (SSSR count). The second-order valence-corrected chi connectivity index (χ2v) is 5.04. The van der Waals surface area contributed by atoms with Crippen molar-refractivity contribution in [2.24, 2.45) is 5.73 Å². The first kappa shape index (κ1) is 15.2. The number of amides is 1. The lowest BCUT2D eigenvalue weighted by Crippen LogP contribution is -2.28. The lowest BCUT2D eigenvalue weighted by Gasteiger charge is -2.14. The van der Waals surface area contributed by atoms with Gasteiger partial charge in [-0.25, -0.2) is 4.39 Å². The minimum absolute atomic E-state index is 0.0905. The van der Waals surface area contributed by atoms with Gasteiger partial charge >= 0.3 is 0 Å². The Kier molecular flexibility index (Phi) is 5.06. The number of halogens is 1. The van der Waals surface area contributed by atoms with E-state index in [1.165, 1.54) is 12.1 Å². The van der Waals surface area contributed by atoms with Gasteiger partial charge in [0, 0.05) is 6.54 Å². The van der Waals surface area contributed by atoms with Crippen LogP contribution in [0.4, 0.5) is 4.39 Å². The second-order valence-electron chi connectivity index (χ2n) is 5.04. The minimum atomic E-state index is -0.300. The quantitative estimate of drug-likeness (QED) is 0.888. The van der Waals surface area contributed by atoms with E-state index in [-0.39, 0.29) is 17.8 Å². The summed E-state index contributed by atoms with van der Waals surface area (Å²) in [5.41, 5.74) is 8.25. The van der Waals surface area contributed by atoms with Gasteiger partial charge in [0.2, 0.25) is 5.91 Å². The summed E-state index contributed by atoms with van der Waals surface area (Å²) in [6, 6.07) is 13.7. The van der Waals surface area contributed by atoms with E-state index in [4.69, 9.17) is 5.73 Å². The fraction of sp³-hybridized carbons (Fsp3) is 0.235. The Hall–Kier alpha value is -2.20. The monoisotopic (exact) mass is 286 g/mol. The van der Waals surface area contributed by atoms with E-state index < -0.39 is 0 Å². The van der Waals surface area contributed by atoms with Crippen molar-refractivity contribution in [3.05, 3.63) is 71.0 Å². The zero-order chi connectivity index (χ0) is 15.2. The third kappa shape index (κ3) is 4.39. The molecule has 0 radical (unpaired) electrons. The fourth-order valence-electron chi connectivity index (χ4n) is 2.13. The molecule has 1 unspecified atom stereocenters. The van der Waals surface area contributed by atoms with Crippen LogP contribution in [0.5, 0.6) is 0 Å². The molecule has 2 aromatic rings. The van der Waals surface area contributed by atoms with Crippen molar-refractivity contribution in [3.63, 3.8) is 0 Å². The zero-order valence-corrected chi connectivity index (χ0v) is 12.0. The van der Waals surface area contributed by atoms with E-state index in [0.29, 0.717) is 13.0 Å². The summed E-state index contributed by atoms with van der Waals surface area (Å²) in [7, 11) is 0. The number of benzene rings is 2. The van der Waals surface area contributed by atoms with E-state index in [9.17, 15) is 9.18 Å². The lowest BCUT2D eigenvalue weighted by atomic mass is 10.1. The van der Waals surface area contributed by atoms with Crippen LogP contribution in [0.1, 0.15) is 29.7 Å². The van der Waals surface area contributed by atoms with Crippen LogP contribution in [0.25, 0.3) is 0 Å². The average molecular weight is 286 g/mol. The third-order valence-corrected chi connectivity index (χ3v) is 3.35. The Balaban J connectivity index is 1.94. The summed E-state index contributed by atoms with van der Waals surface area (Å²) < 4.78 is 13.2. The molecule has 1 amide bonds. The van der Waals surface area contributed by atoms with E-state index in [2.05, 4.69) is 5.32 Å². The van der Waals surface area contributed by atoms with Crippen LogP contribution in [0.2, 0.25) is 0 Å². The maximum atomic E-state index is 13.2. The van der Waals surface area contributed by atoms with Gasteiger partial charge in [0.05, 0.1) is 12.5 Å². The van der Waals surface area contributed by atoms with Crippen molar-refractivity contribution in [3.8, 4) is 0 Å². The van der Waals surface area contributed by atoms with Gasteiger partial charge in [-0.15, -0.1) is 0 Å². The number of rotatable bonds is 5. The largest absolute Gasteiger partial charge is 0.349 e. The summed E-state index contributed by atoms with van der Waals surface area (Å²) in [5.74, 6) is -0.391. The fourth-order valence-corrected chi connectivity index (χ4v) is 2.13. The first-order valence-corrected chi connectivity index (χ1v) is 6.91. The molecule has 21 heavy (non-hydrogen) atoms. The minimum Gasteiger partial charge on any atom is -0.349 e. The predicted molar refractivity (Wildman–Crippen MR) is 81.0 cm³/mol. The lowest BCUT2D eigenvalue weighted by molar-refractivity contribution is -0.121. The molecule has 4 heteroatoms. The van der Waals surface area contributed by atoms with Crippen LogP contribution < -0.4 is 11.1 Å². The summed E-state index contributed by atoms with van der Waals surface area (Å²) in [5, 5.41) is 2.87. The van der Waals surface area contributed by atoms with Gasteiger partial charge in [0.25, 0.3) is 0 Å². The molecule has 0 heterocycles. The van der Waals surface area contributed by atoms with Crippen molar-refractivity contribution < 1.29 is 9.18 Å². The van der Waals surface area contributed by atoms with Gasteiger partial charge in [0.15, 0.2) is 0 Å². The van der Waals surface area contributed by atoms with Gasteiger partial charge in [-0.3, -0.25) is 4.79 Å². The molecule has 0 saturated heterocycles. The van der Waals surface area contributed by atoms with Crippen molar-refractivity contribution in [1.82, 2.24) is 5.32 Å². The van der Waals surface area contributed by atoms with Gasteiger partial charge in [-0.1, -0.05) is 36.4 Å². The molecule has 3 nitrogen and oxygen atoms in total. The molecule has 0 spiro atoms. The second kappa shape index (κ2) is 6.99. The molecule has 110 valence electrons. The van der Waals surface area contributed by atoms with Gasteiger partial charge < -0.3 is 11.1 Å². The Morgan fingerprint density at radius 2 is 1.86 bits per heavy atom. The van der Waals surface area contributed by atoms with E-state index in [1.54, 1.807) is 12.1 Å². The summed E-state index contributed by atoms with van der Waals surface area (Å²) >= 11 is 0. The van der Waals surface area contributed by atoms with Crippen molar-refractivity contribution in [1.29, 1.82) is 0 Å². The molecule has 1 atom stereocenters. The summed E-state index contributed by atoms with van der Waals surface area (Å²) in [4.78, 5) is 12.0. The van der Waals surface area contributed by atoms with E-state index in [0.717, 1.165) is 16.7 Å². The smallest absolute Gasteiger partial charge is 0.224 e. The van der Waals surface area contributed by atoms with Crippen LogP contribution in [-0.4, -0.2) is 5.91 Å². The Labute approximate surface area is 124 Å². The first-order valence-electron chi connectivity index (χ1n) is 6.91. The molecular formula is C17H19FN2O. The molecule has 0 aromatic heterocycles. The van der Waals surface area contributed by atoms with Gasteiger partial charge in [-0.2, -0.15) is 0 Å². The van der Waals surface area contributed by atoms with Gasteiger partial charge in [0.1, 0.15) is 5.82 Å². The van der Waals surface area contributed by atoms with Crippen molar-refractivity contribution >= 4 is 5.91 Å². The van der Waals surface area contributed by atoms with Crippen LogP contribution in [0.3, 0.4) is 0 Å². The highest BCUT2D eigenvalue weighted by Crippen LogP contribution is 2.14. The molecule has 0 aliphatic rings. The first-order chi connectivity index (χ1) is 10.1. The number of hydrogen-bond donors (Lipinski definition) is 2.